The Bertz CT molecular complexity index is 524. The third kappa shape index (κ3) is 7.45. The van der Waals surface area contributed by atoms with Gasteiger partial charge in [-0.2, -0.15) is 0 Å². The van der Waals surface area contributed by atoms with E-state index in [0.29, 0.717) is 23.7 Å². The van der Waals surface area contributed by atoms with E-state index in [1.165, 1.54) is 0 Å². The molecular formula is C25H46O6. The first-order chi connectivity index (χ1) is 14.0. The zero-order valence-corrected chi connectivity index (χ0v) is 19.5. The predicted molar refractivity (Wildman–Crippen MR) is 121 cm³/mol. The molecule has 2 aliphatic rings. The Morgan fingerprint density at radius 2 is 1.03 bits per heavy atom. The maximum atomic E-state index is 12.5. The molecule has 2 saturated carbocycles. The maximum absolute atomic E-state index is 12.5. The molecule has 0 aliphatic heterocycles. The van der Waals surface area contributed by atoms with Crippen molar-refractivity contribution in [3.05, 3.63) is 0 Å². The molecule has 0 heterocycles. The zero-order chi connectivity index (χ0) is 22.6. The molecule has 6 nitrogen and oxygen atoms in total. The summed E-state index contributed by atoms with van der Waals surface area (Å²) in [4.78, 5) is 25.0. The van der Waals surface area contributed by atoms with E-state index in [4.69, 9.17) is 9.47 Å². The molecule has 6 heteroatoms. The fraction of sp³-hybridized carbons (Fsp3) is 0.920. The number of hydrogen-bond acceptors (Lipinski definition) is 6. The highest BCUT2D eigenvalue weighted by Crippen LogP contribution is 2.37. The Morgan fingerprint density at radius 3 is 1.32 bits per heavy atom. The predicted octanol–water partition coefficient (Wildman–Crippen LogP) is 4.35. The van der Waals surface area contributed by atoms with Crippen molar-refractivity contribution in [2.75, 3.05) is 0 Å². The second kappa shape index (κ2) is 12.2. The number of rotatable bonds is 7. The van der Waals surface area contributed by atoms with Crippen molar-refractivity contribution in [2.45, 2.75) is 112 Å². The Morgan fingerprint density at radius 1 is 0.710 bits per heavy atom. The van der Waals surface area contributed by atoms with Gasteiger partial charge in [-0.25, -0.2) is 9.59 Å². The molecule has 0 amide bonds. The minimum Gasteiger partial charge on any atom is -0.460 e. The number of carbonyl (C=O) groups is 2. The van der Waals surface area contributed by atoms with E-state index in [-0.39, 0.29) is 31.5 Å². The molecule has 31 heavy (non-hydrogen) atoms. The van der Waals surface area contributed by atoms with Crippen molar-refractivity contribution in [2.24, 2.45) is 35.5 Å². The molecule has 0 spiro atoms. The lowest BCUT2D eigenvalue weighted by Gasteiger charge is -2.38. The van der Waals surface area contributed by atoms with Crippen LogP contribution in [-0.2, 0) is 19.1 Å². The Balaban J connectivity index is 0.00000480. The summed E-state index contributed by atoms with van der Waals surface area (Å²) < 4.78 is 11.2. The van der Waals surface area contributed by atoms with E-state index in [1.807, 2.05) is 0 Å². The van der Waals surface area contributed by atoms with Crippen LogP contribution in [0.1, 0.15) is 87.5 Å². The molecule has 6 unspecified atom stereocenters. The topological polar surface area (TPSA) is 93.1 Å². The molecule has 0 aromatic carbocycles. The van der Waals surface area contributed by atoms with E-state index in [2.05, 4.69) is 41.5 Å². The fourth-order valence-electron chi connectivity index (χ4n) is 5.20. The van der Waals surface area contributed by atoms with Crippen molar-refractivity contribution in [1.29, 1.82) is 0 Å². The van der Waals surface area contributed by atoms with Gasteiger partial charge in [0.2, 0.25) is 0 Å². The lowest BCUT2D eigenvalue weighted by molar-refractivity contribution is -0.185. The number of hydrogen-bond donors (Lipinski definition) is 2. The molecule has 182 valence electrons. The first-order valence-electron chi connectivity index (χ1n) is 11.8. The highest BCUT2D eigenvalue weighted by molar-refractivity contribution is 5.85. The highest BCUT2D eigenvalue weighted by Gasteiger charge is 2.40. The van der Waals surface area contributed by atoms with Gasteiger partial charge in [-0.05, 0) is 61.2 Å². The van der Waals surface area contributed by atoms with Gasteiger partial charge >= 0.3 is 11.9 Å². The first kappa shape index (κ1) is 27.9. The number of esters is 2. The molecule has 0 aromatic heterocycles. The third-order valence-corrected chi connectivity index (χ3v) is 7.24. The molecule has 0 aromatic rings. The van der Waals surface area contributed by atoms with Gasteiger partial charge in [0.05, 0.1) is 0 Å². The maximum Gasteiger partial charge on any atom is 0.338 e. The van der Waals surface area contributed by atoms with Crippen molar-refractivity contribution in [3.63, 3.8) is 0 Å². The van der Waals surface area contributed by atoms with Crippen molar-refractivity contribution < 1.29 is 29.3 Å². The van der Waals surface area contributed by atoms with Gasteiger partial charge < -0.3 is 19.7 Å². The minimum atomic E-state index is -1.93. The van der Waals surface area contributed by atoms with Crippen LogP contribution in [0.4, 0.5) is 0 Å². The van der Waals surface area contributed by atoms with E-state index in [9.17, 15) is 19.8 Å². The Kier molecular flexibility index (Phi) is 11.0. The second-order valence-corrected chi connectivity index (χ2v) is 10.5. The summed E-state index contributed by atoms with van der Waals surface area (Å²) in [6, 6.07) is 0. The van der Waals surface area contributed by atoms with Gasteiger partial charge in [-0.1, -0.05) is 61.8 Å². The van der Waals surface area contributed by atoms with E-state index >= 15 is 0 Å². The first-order valence-corrected chi connectivity index (χ1v) is 11.8. The van der Waals surface area contributed by atoms with E-state index < -0.39 is 24.1 Å². The highest BCUT2D eigenvalue weighted by atomic mass is 16.6. The van der Waals surface area contributed by atoms with E-state index in [1.54, 1.807) is 0 Å². The summed E-state index contributed by atoms with van der Waals surface area (Å²) >= 11 is 0. The normalized spacial score (nSPS) is 33.4. The quantitative estimate of drug-likeness (QED) is 0.569. The number of aliphatic hydroxyl groups excluding tert-OH is 2. The lowest BCUT2D eigenvalue weighted by Crippen LogP contribution is -2.47. The largest absolute Gasteiger partial charge is 0.460 e. The molecule has 2 rings (SSSR count). The van der Waals surface area contributed by atoms with Gasteiger partial charge in [-0.3, -0.25) is 0 Å². The van der Waals surface area contributed by atoms with Crippen LogP contribution in [0, 0.1) is 35.5 Å². The molecular weight excluding hydrogens is 396 g/mol. The Labute approximate surface area is 189 Å². The molecule has 2 N–H and O–H groups in total. The molecule has 0 radical (unpaired) electrons. The van der Waals surface area contributed by atoms with Crippen LogP contribution in [0.15, 0.2) is 0 Å². The molecule has 2 aliphatic carbocycles. The number of aliphatic hydroxyl groups is 2. The summed E-state index contributed by atoms with van der Waals surface area (Å²) in [5.41, 5.74) is 0. The van der Waals surface area contributed by atoms with Crippen LogP contribution >= 0.6 is 0 Å². The number of ether oxygens (including phenoxy) is 2. The summed E-state index contributed by atoms with van der Waals surface area (Å²) in [5.74, 6) is 0.126. The van der Waals surface area contributed by atoms with Gasteiger partial charge in [-0.15, -0.1) is 0 Å². The standard InChI is InChI=1S/C24H42O6.CH4/c1-13(2)17-9-7-15(5)11-19(17)29-23(27)21(25)22(26)24(28)30-20-12-16(6)8-10-18(20)14(3)4;/h13-22,25-26H,7-12H2,1-6H3;1H4/t15?,16?,17?,18?,19?,20?,21-,22-;/m1./s1. The van der Waals surface area contributed by atoms with Gasteiger partial charge in [0.1, 0.15) is 12.2 Å². The summed E-state index contributed by atoms with van der Waals surface area (Å²) in [5, 5.41) is 20.6. The van der Waals surface area contributed by atoms with Crippen LogP contribution in [0.2, 0.25) is 0 Å². The van der Waals surface area contributed by atoms with Gasteiger partial charge in [0.15, 0.2) is 12.2 Å². The fourth-order valence-corrected chi connectivity index (χ4v) is 5.20. The monoisotopic (exact) mass is 442 g/mol. The van der Waals surface area contributed by atoms with Crippen molar-refractivity contribution >= 4 is 11.9 Å². The summed E-state index contributed by atoms with van der Waals surface area (Å²) in [6.07, 6.45) is 1.11. The zero-order valence-electron chi connectivity index (χ0n) is 19.5. The van der Waals surface area contributed by atoms with E-state index in [0.717, 1.165) is 38.5 Å². The average Bonchev–Trinajstić information content (AvgIpc) is 2.66. The van der Waals surface area contributed by atoms with Crippen LogP contribution < -0.4 is 0 Å². The minimum absolute atomic E-state index is 0. The van der Waals surface area contributed by atoms with Crippen LogP contribution in [0.3, 0.4) is 0 Å². The van der Waals surface area contributed by atoms with Crippen LogP contribution in [0.5, 0.6) is 0 Å². The SMILES string of the molecule is C.CC1CCC(C(C)C)C(OC(=O)[C@H](O)[C@@H](O)C(=O)OC2CC(C)CCC2C(C)C)C1. The lowest BCUT2D eigenvalue weighted by atomic mass is 9.75. The third-order valence-electron chi connectivity index (χ3n) is 7.24. The second-order valence-electron chi connectivity index (χ2n) is 10.5. The Hall–Kier alpha value is -1.14. The summed E-state index contributed by atoms with van der Waals surface area (Å²) in [7, 11) is 0. The van der Waals surface area contributed by atoms with Crippen LogP contribution in [-0.4, -0.2) is 46.6 Å². The number of carbonyl (C=O) groups excluding carboxylic acids is 2. The van der Waals surface area contributed by atoms with Gasteiger partial charge in [0, 0.05) is 0 Å². The van der Waals surface area contributed by atoms with Crippen molar-refractivity contribution in [3.8, 4) is 0 Å². The van der Waals surface area contributed by atoms with Crippen molar-refractivity contribution in [1.82, 2.24) is 0 Å². The molecule has 2 fully saturated rings. The molecule has 0 bridgehead atoms. The average molecular weight is 443 g/mol. The van der Waals surface area contributed by atoms with Crippen LogP contribution in [0.25, 0.3) is 0 Å². The molecule has 8 atom stereocenters. The van der Waals surface area contributed by atoms with Gasteiger partial charge in [0.25, 0.3) is 0 Å². The summed E-state index contributed by atoms with van der Waals surface area (Å²) in [6.45, 7) is 12.6. The smallest absolute Gasteiger partial charge is 0.338 e. The molecule has 0 saturated heterocycles.